The molecule has 4 aromatic rings. The quantitative estimate of drug-likeness (QED) is 0.270. The zero-order valence-electron chi connectivity index (χ0n) is 25.0. The smallest absolute Gasteiger partial charge is 0.335 e. The zero-order chi connectivity index (χ0) is 29.0. The minimum atomic E-state index is -0.886. The van der Waals surface area contributed by atoms with Crippen LogP contribution in [0.2, 0.25) is 0 Å². The van der Waals surface area contributed by atoms with Gasteiger partial charge in [-0.2, -0.15) is 0 Å². The van der Waals surface area contributed by atoms with E-state index >= 15 is 0 Å². The van der Waals surface area contributed by atoms with Crippen molar-refractivity contribution in [3.05, 3.63) is 58.8 Å². The van der Waals surface area contributed by atoms with Crippen LogP contribution < -0.4 is 0 Å². The van der Waals surface area contributed by atoms with Crippen molar-refractivity contribution >= 4 is 33.7 Å². The van der Waals surface area contributed by atoms with Crippen molar-refractivity contribution in [3.63, 3.8) is 0 Å². The third-order valence-corrected chi connectivity index (χ3v) is 10.1. The van der Waals surface area contributed by atoms with E-state index in [-0.39, 0.29) is 5.91 Å². The molecule has 4 heterocycles. The summed E-state index contributed by atoms with van der Waals surface area (Å²) in [6.45, 7) is 7.03. The van der Waals surface area contributed by atoms with Gasteiger partial charge in [0.2, 0.25) is 0 Å². The van der Waals surface area contributed by atoms with E-state index in [0.29, 0.717) is 11.5 Å². The minimum absolute atomic E-state index is 0.175. The van der Waals surface area contributed by atoms with Crippen LogP contribution in [0.25, 0.3) is 33.1 Å². The Kier molecular flexibility index (Phi) is 7.09. The highest BCUT2D eigenvalue weighted by Crippen LogP contribution is 2.47. The number of hydrogen-bond donors (Lipinski definition) is 1. The molecule has 42 heavy (non-hydrogen) atoms. The number of carboxylic acids is 1. The molecule has 2 aromatic carbocycles. The Hall–Kier alpha value is -3.58. The van der Waals surface area contributed by atoms with Crippen molar-refractivity contribution in [2.75, 3.05) is 26.7 Å². The highest BCUT2D eigenvalue weighted by atomic mass is 16.4. The topological polar surface area (TPSA) is 70.7 Å². The first kappa shape index (κ1) is 27.3. The number of benzene rings is 2. The van der Waals surface area contributed by atoms with E-state index in [1.807, 2.05) is 6.07 Å². The van der Waals surface area contributed by atoms with Crippen LogP contribution in [0, 0.1) is 0 Å². The first-order chi connectivity index (χ1) is 20.5. The van der Waals surface area contributed by atoms with Gasteiger partial charge in [0.1, 0.15) is 5.69 Å². The normalized spacial score (nSPS) is 17.6. The van der Waals surface area contributed by atoms with Crippen molar-refractivity contribution in [1.82, 2.24) is 18.9 Å². The van der Waals surface area contributed by atoms with Gasteiger partial charge >= 0.3 is 5.97 Å². The maximum Gasteiger partial charge on any atom is 0.335 e. The van der Waals surface area contributed by atoms with Crippen LogP contribution in [0.3, 0.4) is 0 Å². The molecular formula is C35H42N4O3. The number of amides is 1. The van der Waals surface area contributed by atoms with Crippen molar-refractivity contribution in [1.29, 1.82) is 0 Å². The SMILES string of the molecule is CCN(C)Cc1c(C(=O)N2CCCC2)n2c3c(cccc13)-c1c(C3CCCCC3)c3ccc(C(=O)O)cc3n1CCC2. The van der Waals surface area contributed by atoms with E-state index in [1.54, 1.807) is 6.07 Å². The van der Waals surface area contributed by atoms with Crippen LogP contribution in [0.1, 0.15) is 96.2 Å². The summed E-state index contributed by atoms with van der Waals surface area (Å²) in [5.74, 6) is -0.264. The summed E-state index contributed by atoms with van der Waals surface area (Å²) < 4.78 is 4.77. The molecule has 0 spiro atoms. The van der Waals surface area contributed by atoms with Crippen LogP contribution in [0.4, 0.5) is 0 Å². The minimum Gasteiger partial charge on any atom is -0.478 e. The monoisotopic (exact) mass is 566 g/mol. The standard InChI is InChI=1S/C35H42N4O3/c1-3-36(2)22-28-25-13-9-14-27-31(25)39(33(28)34(40)37-17-7-8-18-37)20-10-19-38-29-21-24(35(41)42)15-16-26(29)30(32(27)38)23-11-5-4-6-12-23/h9,13-16,21,23H,3-8,10-12,17-20,22H2,1-2H3,(H,41,42). The molecule has 0 radical (unpaired) electrons. The molecular weight excluding hydrogens is 524 g/mol. The fraction of sp³-hybridized carbons (Fsp3) is 0.486. The molecule has 2 fully saturated rings. The molecule has 1 amide bonds. The van der Waals surface area contributed by atoms with Gasteiger partial charge in [0, 0.05) is 60.1 Å². The van der Waals surface area contributed by atoms with E-state index < -0.39 is 5.97 Å². The number of carbonyl (C=O) groups is 2. The Bertz CT molecular complexity index is 1680. The number of para-hydroxylation sites is 1. The maximum atomic E-state index is 14.2. The number of carboxylic acid groups (broad SMARTS) is 1. The number of carbonyl (C=O) groups excluding carboxylic acids is 1. The van der Waals surface area contributed by atoms with E-state index in [4.69, 9.17) is 0 Å². The largest absolute Gasteiger partial charge is 0.478 e. The third-order valence-electron chi connectivity index (χ3n) is 10.1. The average Bonchev–Trinajstić information content (AvgIpc) is 3.72. The lowest BCUT2D eigenvalue weighted by atomic mass is 9.81. The molecule has 7 rings (SSSR count). The molecule has 1 saturated heterocycles. The second kappa shape index (κ2) is 10.9. The lowest BCUT2D eigenvalue weighted by Crippen LogP contribution is -2.31. The van der Waals surface area contributed by atoms with Crippen LogP contribution in [0.15, 0.2) is 36.4 Å². The van der Waals surface area contributed by atoms with Crippen LogP contribution in [-0.2, 0) is 19.6 Å². The second-order valence-electron chi connectivity index (χ2n) is 12.6. The van der Waals surface area contributed by atoms with Gasteiger partial charge in [-0.1, -0.05) is 50.5 Å². The molecule has 1 saturated carbocycles. The van der Waals surface area contributed by atoms with Gasteiger partial charge in [-0.3, -0.25) is 4.79 Å². The number of aryl methyl sites for hydroxylation is 2. The number of aromatic carboxylic acids is 1. The maximum absolute atomic E-state index is 14.2. The van der Waals surface area contributed by atoms with E-state index in [9.17, 15) is 14.7 Å². The van der Waals surface area contributed by atoms with E-state index in [0.717, 1.165) is 88.1 Å². The van der Waals surface area contributed by atoms with Gasteiger partial charge < -0.3 is 24.0 Å². The van der Waals surface area contributed by atoms with Crippen molar-refractivity contribution in [2.24, 2.45) is 0 Å². The van der Waals surface area contributed by atoms with Gasteiger partial charge in [0.25, 0.3) is 5.91 Å². The van der Waals surface area contributed by atoms with Gasteiger partial charge in [-0.25, -0.2) is 4.79 Å². The molecule has 0 unspecified atom stereocenters. The van der Waals surface area contributed by atoms with Crippen LogP contribution >= 0.6 is 0 Å². The van der Waals surface area contributed by atoms with Gasteiger partial charge in [0.15, 0.2) is 0 Å². The van der Waals surface area contributed by atoms with Gasteiger partial charge in [-0.15, -0.1) is 0 Å². The van der Waals surface area contributed by atoms with Crippen molar-refractivity contribution in [3.8, 4) is 11.3 Å². The highest BCUT2D eigenvalue weighted by Gasteiger charge is 2.33. The van der Waals surface area contributed by atoms with Gasteiger partial charge in [-0.05, 0) is 69.3 Å². The molecule has 3 aliphatic rings. The molecule has 2 aliphatic heterocycles. The van der Waals surface area contributed by atoms with Crippen LogP contribution in [0.5, 0.6) is 0 Å². The zero-order valence-corrected chi connectivity index (χ0v) is 25.0. The molecule has 0 bridgehead atoms. The Labute approximate surface area is 247 Å². The lowest BCUT2D eigenvalue weighted by Gasteiger charge is -2.25. The molecule has 2 aromatic heterocycles. The summed E-state index contributed by atoms with van der Waals surface area (Å²) in [4.78, 5) is 30.6. The summed E-state index contributed by atoms with van der Waals surface area (Å²) in [7, 11) is 2.13. The number of hydrogen-bond acceptors (Lipinski definition) is 3. The molecule has 1 N–H and O–H groups in total. The van der Waals surface area contributed by atoms with Crippen molar-refractivity contribution < 1.29 is 14.7 Å². The molecule has 0 atom stereocenters. The second-order valence-corrected chi connectivity index (χ2v) is 12.6. The highest BCUT2D eigenvalue weighted by molar-refractivity contribution is 6.08. The predicted octanol–water partition coefficient (Wildman–Crippen LogP) is 7.10. The Morgan fingerprint density at radius 3 is 2.40 bits per heavy atom. The number of rotatable bonds is 6. The first-order valence-electron chi connectivity index (χ1n) is 16.0. The molecule has 7 heteroatoms. The fourth-order valence-electron chi connectivity index (χ4n) is 7.97. The molecule has 1 aliphatic carbocycles. The van der Waals surface area contributed by atoms with Crippen LogP contribution in [-0.4, -0.2) is 62.6 Å². The van der Waals surface area contributed by atoms with Gasteiger partial charge in [0.05, 0.1) is 16.8 Å². The Morgan fingerprint density at radius 1 is 0.905 bits per heavy atom. The summed E-state index contributed by atoms with van der Waals surface area (Å²) in [6, 6.07) is 12.4. The lowest BCUT2D eigenvalue weighted by molar-refractivity contribution is 0.0696. The van der Waals surface area contributed by atoms with Crippen molar-refractivity contribution in [2.45, 2.75) is 83.8 Å². The summed E-state index contributed by atoms with van der Waals surface area (Å²) in [6.07, 6.45) is 9.08. The Morgan fingerprint density at radius 2 is 1.67 bits per heavy atom. The number of fused-ring (bicyclic) bond motifs is 4. The Balaban J connectivity index is 1.55. The molecule has 7 nitrogen and oxygen atoms in total. The number of nitrogens with zero attached hydrogens (tertiary/aromatic N) is 4. The fourth-order valence-corrected chi connectivity index (χ4v) is 7.97. The van der Waals surface area contributed by atoms with E-state index in [1.165, 1.54) is 52.4 Å². The molecule has 220 valence electrons. The van der Waals surface area contributed by atoms with E-state index in [2.05, 4.69) is 57.2 Å². The third kappa shape index (κ3) is 4.36. The first-order valence-corrected chi connectivity index (χ1v) is 16.0. The summed E-state index contributed by atoms with van der Waals surface area (Å²) in [5, 5.41) is 12.2. The summed E-state index contributed by atoms with van der Waals surface area (Å²) >= 11 is 0. The predicted molar refractivity (Wildman–Crippen MR) is 167 cm³/mol. The summed E-state index contributed by atoms with van der Waals surface area (Å²) in [5.41, 5.74) is 8.34. The average molecular weight is 567 g/mol. The number of aromatic nitrogens is 2. The number of likely N-dealkylation sites (tertiary alicyclic amines) is 1.